The van der Waals surface area contributed by atoms with Gasteiger partial charge in [0.05, 0.1) is 17.5 Å². The molecule has 2 aromatic carbocycles. The van der Waals surface area contributed by atoms with E-state index in [1.807, 2.05) is 27.7 Å². The topological polar surface area (TPSA) is 79.2 Å². The van der Waals surface area contributed by atoms with Gasteiger partial charge < -0.3 is 9.84 Å². The highest BCUT2D eigenvalue weighted by molar-refractivity contribution is 7.89. The number of phenols is 1. The summed E-state index contributed by atoms with van der Waals surface area (Å²) < 4.78 is 31.9. The second-order valence-corrected chi connectivity index (χ2v) is 8.18. The number of ether oxygens (including phenoxy) is 1. The van der Waals surface area contributed by atoms with Crippen LogP contribution in [0, 0.1) is 0 Å². The molecule has 1 atom stereocenters. The monoisotopic (exact) mass is 404 g/mol. The fraction of sp³-hybridized carbons (Fsp3) is 0.381. The maximum Gasteiger partial charge on any atom is 0.243 e. The summed E-state index contributed by atoms with van der Waals surface area (Å²) in [6, 6.07) is 11.8. The Balaban J connectivity index is 2.19. The molecule has 0 heterocycles. The first kappa shape index (κ1) is 21.9. The van der Waals surface area contributed by atoms with E-state index in [0.717, 1.165) is 5.56 Å². The number of hydrogen-bond donors (Lipinski definition) is 1. The summed E-state index contributed by atoms with van der Waals surface area (Å²) in [4.78, 5) is 4.76. The molecule has 2 aromatic rings. The van der Waals surface area contributed by atoms with Gasteiger partial charge in [-0.3, -0.25) is 4.99 Å². The summed E-state index contributed by atoms with van der Waals surface area (Å²) in [6.45, 7) is 8.75. The molecule has 152 valence electrons. The van der Waals surface area contributed by atoms with Crippen molar-refractivity contribution in [3.05, 3.63) is 53.6 Å². The second kappa shape index (κ2) is 9.71. The Kier molecular flexibility index (Phi) is 7.60. The number of rotatable bonds is 9. The first-order chi connectivity index (χ1) is 13.3. The minimum Gasteiger partial charge on any atom is -0.504 e. The first-order valence-corrected chi connectivity index (χ1v) is 10.9. The van der Waals surface area contributed by atoms with Gasteiger partial charge in [0.15, 0.2) is 11.5 Å². The fourth-order valence-corrected chi connectivity index (χ4v) is 4.28. The Morgan fingerprint density at radius 3 is 2.32 bits per heavy atom. The van der Waals surface area contributed by atoms with Gasteiger partial charge in [0.1, 0.15) is 0 Å². The molecule has 28 heavy (non-hydrogen) atoms. The molecule has 0 aliphatic rings. The van der Waals surface area contributed by atoms with Gasteiger partial charge in [-0.15, -0.1) is 0 Å². The Morgan fingerprint density at radius 1 is 1.11 bits per heavy atom. The Hall–Kier alpha value is -2.38. The van der Waals surface area contributed by atoms with Crippen LogP contribution in [-0.2, 0) is 10.0 Å². The zero-order valence-corrected chi connectivity index (χ0v) is 17.6. The highest BCUT2D eigenvalue weighted by Gasteiger charge is 2.21. The van der Waals surface area contributed by atoms with Gasteiger partial charge in [0.25, 0.3) is 0 Å². The van der Waals surface area contributed by atoms with Gasteiger partial charge in [0.2, 0.25) is 10.0 Å². The zero-order valence-electron chi connectivity index (χ0n) is 16.8. The molecule has 0 saturated heterocycles. The van der Waals surface area contributed by atoms with E-state index in [1.165, 1.54) is 4.31 Å². The molecule has 6 nitrogen and oxygen atoms in total. The Bertz CT molecular complexity index is 905. The van der Waals surface area contributed by atoms with Crippen LogP contribution in [0.4, 0.5) is 0 Å². The van der Waals surface area contributed by atoms with Crippen molar-refractivity contribution in [2.24, 2.45) is 4.99 Å². The van der Waals surface area contributed by atoms with E-state index < -0.39 is 10.0 Å². The van der Waals surface area contributed by atoms with Crippen LogP contribution in [0.3, 0.4) is 0 Å². The van der Waals surface area contributed by atoms with E-state index in [2.05, 4.69) is 4.99 Å². The number of nitrogens with zero attached hydrogens (tertiary/aromatic N) is 2. The molecular formula is C21H28N2O4S. The summed E-state index contributed by atoms with van der Waals surface area (Å²) in [5, 5.41) is 10.2. The van der Waals surface area contributed by atoms with Crippen molar-refractivity contribution in [1.82, 2.24) is 4.31 Å². The van der Waals surface area contributed by atoms with Gasteiger partial charge in [-0.05, 0) is 43.7 Å². The molecule has 0 radical (unpaired) electrons. The van der Waals surface area contributed by atoms with Gasteiger partial charge in [-0.2, -0.15) is 4.31 Å². The summed E-state index contributed by atoms with van der Waals surface area (Å²) in [5.41, 5.74) is 1.45. The lowest BCUT2D eigenvalue weighted by Gasteiger charge is -2.18. The number of aliphatic imine (C=N–C) groups is 1. The lowest BCUT2D eigenvalue weighted by atomic mass is 10.1. The number of benzene rings is 2. The van der Waals surface area contributed by atoms with Crippen molar-refractivity contribution in [1.29, 1.82) is 0 Å². The molecule has 1 N–H and O–H groups in total. The van der Waals surface area contributed by atoms with Crippen molar-refractivity contribution < 1.29 is 18.3 Å². The summed E-state index contributed by atoms with van der Waals surface area (Å²) >= 11 is 0. The van der Waals surface area contributed by atoms with Crippen LogP contribution in [0.1, 0.15) is 44.9 Å². The minimum atomic E-state index is -3.47. The van der Waals surface area contributed by atoms with Crippen LogP contribution in [-0.4, -0.2) is 43.7 Å². The third-order valence-electron chi connectivity index (χ3n) is 4.47. The average molecular weight is 405 g/mol. The van der Waals surface area contributed by atoms with E-state index in [0.29, 0.717) is 31.0 Å². The highest BCUT2D eigenvalue weighted by Crippen LogP contribution is 2.29. The lowest BCUT2D eigenvalue weighted by molar-refractivity contribution is 0.318. The van der Waals surface area contributed by atoms with Crippen LogP contribution in [0.15, 0.2) is 52.4 Å². The molecule has 0 aliphatic carbocycles. The molecule has 0 aliphatic heterocycles. The molecule has 2 rings (SSSR count). The largest absolute Gasteiger partial charge is 0.504 e. The molecule has 7 heteroatoms. The van der Waals surface area contributed by atoms with Crippen LogP contribution < -0.4 is 4.74 Å². The van der Waals surface area contributed by atoms with Crippen LogP contribution in [0.2, 0.25) is 0 Å². The van der Waals surface area contributed by atoms with Crippen LogP contribution in [0.25, 0.3) is 0 Å². The van der Waals surface area contributed by atoms with Gasteiger partial charge in [0, 0.05) is 24.9 Å². The quantitative estimate of drug-likeness (QED) is 0.641. The highest BCUT2D eigenvalue weighted by atomic mass is 32.2. The lowest BCUT2D eigenvalue weighted by Crippen LogP contribution is -2.30. The number of phenolic OH excluding ortho intramolecular Hbond substituents is 1. The maximum absolute atomic E-state index is 12.6. The number of hydrogen-bond acceptors (Lipinski definition) is 5. The Morgan fingerprint density at radius 2 is 1.75 bits per heavy atom. The van der Waals surface area contributed by atoms with E-state index in [4.69, 9.17) is 4.74 Å². The number of sulfonamides is 1. The maximum atomic E-state index is 12.6. The smallest absolute Gasteiger partial charge is 0.243 e. The molecule has 0 amide bonds. The Labute approximate surface area is 167 Å². The van der Waals surface area contributed by atoms with Crippen molar-refractivity contribution >= 4 is 16.2 Å². The van der Waals surface area contributed by atoms with Crippen molar-refractivity contribution in [2.75, 3.05) is 19.7 Å². The molecule has 0 aromatic heterocycles. The number of para-hydroxylation sites is 1. The number of aromatic hydroxyl groups is 1. The average Bonchev–Trinajstić information content (AvgIpc) is 2.69. The third-order valence-corrected chi connectivity index (χ3v) is 6.54. The molecule has 0 bridgehead atoms. The van der Waals surface area contributed by atoms with Gasteiger partial charge >= 0.3 is 0 Å². The van der Waals surface area contributed by atoms with Crippen LogP contribution >= 0.6 is 0 Å². The van der Waals surface area contributed by atoms with Gasteiger partial charge in [-0.1, -0.05) is 32.0 Å². The summed E-state index contributed by atoms with van der Waals surface area (Å²) in [6.07, 6.45) is 1.60. The molecule has 0 unspecified atom stereocenters. The predicted molar refractivity (Wildman–Crippen MR) is 112 cm³/mol. The first-order valence-electron chi connectivity index (χ1n) is 9.43. The van der Waals surface area contributed by atoms with E-state index in [-0.39, 0.29) is 16.7 Å². The molecule has 0 saturated carbocycles. The SMILES string of the molecule is CCOc1cccc(C=N[C@@H](C)c2ccc(S(=O)(=O)N(CC)CC)cc2)c1O. The standard InChI is InChI=1S/C21H28N2O4S/c1-5-23(6-2)28(25,26)19-13-11-17(12-14-19)16(4)22-15-18-9-8-10-20(21(18)24)27-7-3/h8-16,24H,5-7H2,1-4H3/t16-/m0/s1. The summed E-state index contributed by atoms with van der Waals surface area (Å²) in [5.74, 6) is 0.478. The minimum absolute atomic E-state index is 0.0564. The van der Waals surface area contributed by atoms with E-state index >= 15 is 0 Å². The van der Waals surface area contributed by atoms with Gasteiger partial charge in [-0.25, -0.2) is 8.42 Å². The van der Waals surface area contributed by atoms with Crippen molar-refractivity contribution in [3.63, 3.8) is 0 Å². The zero-order chi connectivity index (χ0) is 20.7. The fourth-order valence-electron chi connectivity index (χ4n) is 2.82. The molecular weight excluding hydrogens is 376 g/mol. The molecule has 0 spiro atoms. The summed E-state index contributed by atoms with van der Waals surface area (Å²) in [7, 11) is -3.47. The molecule has 0 fully saturated rings. The van der Waals surface area contributed by atoms with Crippen molar-refractivity contribution in [2.45, 2.75) is 38.6 Å². The third kappa shape index (κ3) is 4.91. The second-order valence-electron chi connectivity index (χ2n) is 6.24. The van der Waals surface area contributed by atoms with Crippen LogP contribution in [0.5, 0.6) is 11.5 Å². The predicted octanol–water partition coefficient (Wildman–Crippen LogP) is 4.00. The normalized spacial score (nSPS) is 13.2. The van der Waals surface area contributed by atoms with E-state index in [1.54, 1.807) is 48.7 Å². The van der Waals surface area contributed by atoms with Crippen molar-refractivity contribution in [3.8, 4) is 11.5 Å². The van der Waals surface area contributed by atoms with E-state index in [9.17, 15) is 13.5 Å².